The summed E-state index contributed by atoms with van der Waals surface area (Å²) in [5.74, 6) is 0. The van der Waals surface area contributed by atoms with Gasteiger partial charge in [0.25, 0.3) is 0 Å². The predicted octanol–water partition coefficient (Wildman–Crippen LogP) is 1.30. The van der Waals surface area contributed by atoms with Crippen LogP contribution < -0.4 is 4.90 Å². The Balaban J connectivity index is 1.45. The van der Waals surface area contributed by atoms with Crippen molar-refractivity contribution >= 4 is 17.4 Å². The van der Waals surface area contributed by atoms with Gasteiger partial charge in [-0.2, -0.15) is 0 Å². The van der Waals surface area contributed by atoms with Gasteiger partial charge in [-0.25, -0.2) is 0 Å². The Morgan fingerprint density at radius 2 is 1.76 bits per heavy atom. The Bertz CT molecular complexity index is 941. The smallest absolute Gasteiger partial charge is 0.114 e. The lowest BCUT2D eigenvalue weighted by Gasteiger charge is -2.42. The largest absolute Gasteiger partial charge is 0.394 e. The van der Waals surface area contributed by atoms with E-state index >= 15 is 0 Å². The van der Waals surface area contributed by atoms with Gasteiger partial charge in [0.15, 0.2) is 0 Å². The zero-order valence-corrected chi connectivity index (χ0v) is 19.2. The molecule has 3 heterocycles. The molecule has 0 amide bonds. The van der Waals surface area contributed by atoms with Crippen molar-refractivity contribution in [3.63, 3.8) is 0 Å². The van der Waals surface area contributed by atoms with Crippen molar-refractivity contribution in [3.05, 3.63) is 59.2 Å². The first-order valence-corrected chi connectivity index (χ1v) is 12.4. The fraction of sp³-hybridized carbons (Fsp3) is 0.520. The van der Waals surface area contributed by atoms with Gasteiger partial charge < -0.3 is 34.8 Å². The summed E-state index contributed by atoms with van der Waals surface area (Å²) in [6, 6.07) is 14.7. The van der Waals surface area contributed by atoms with E-state index in [1.807, 2.05) is 11.8 Å². The Labute approximate surface area is 198 Å². The van der Waals surface area contributed by atoms with Crippen LogP contribution in [0.1, 0.15) is 22.8 Å². The summed E-state index contributed by atoms with van der Waals surface area (Å²) in [5.41, 5.74) is 4.21. The van der Waals surface area contributed by atoms with Gasteiger partial charge in [-0.1, -0.05) is 30.3 Å². The number of rotatable bonds is 5. The van der Waals surface area contributed by atoms with Crippen LogP contribution in [0, 0.1) is 0 Å². The fourth-order valence-electron chi connectivity index (χ4n) is 5.04. The predicted molar refractivity (Wildman–Crippen MR) is 126 cm³/mol. The summed E-state index contributed by atoms with van der Waals surface area (Å²) in [6.07, 6.45) is -3.98. The molecular weight excluding hydrogens is 442 g/mol. The van der Waals surface area contributed by atoms with Crippen LogP contribution in [0.4, 0.5) is 5.69 Å². The molecule has 33 heavy (non-hydrogen) atoms. The van der Waals surface area contributed by atoms with E-state index in [1.165, 1.54) is 10.5 Å². The average Bonchev–Trinajstić information content (AvgIpc) is 3.26. The number of morpholine rings is 1. The molecule has 178 valence electrons. The quantitative estimate of drug-likeness (QED) is 0.516. The average molecular weight is 474 g/mol. The number of aliphatic hydroxyl groups is 4. The molecular formula is C25H31NO6S. The van der Waals surface area contributed by atoms with E-state index in [2.05, 4.69) is 47.4 Å². The number of thioether (sulfide) groups is 1. The Morgan fingerprint density at radius 3 is 2.52 bits per heavy atom. The van der Waals surface area contributed by atoms with Crippen LogP contribution in [0.25, 0.3) is 0 Å². The van der Waals surface area contributed by atoms with Crippen molar-refractivity contribution in [1.82, 2.24) is 0 Å². The van der Waals surface area contributed by atoms with Gasteiger partial charge in [0, 0.05) is 34.5 Å². The molecule has 0 saturated carbocycles. The van der Waals surface area contributed by atoms with Crippen LogP contribution in [-0.2, 0) is 22.3 Å². The molecule has 5 rings (SSSR count). The van der Waals surface area contributed by atoms with Crippen molar-refractivity contribution in [3.8, 4) is 0 Å². The lowest BCUT2D eigenvalue weighted by Crippen LogP contribution is -2.55. The maximum absolute atomic E-state index is 10.8. The van der Waals surface area contributed by atoms with E-state index in [-0.39, 0.29) is 0 Å². The van der Waals surface area contributed by atoms with E-state index in [4.69, 9.17) is 9.47 Å². The number of hydrogen-bond donors (Lipinski definition) is 4. The van der Waals surface area contributed by atoms with Crippen LogP contribution in [0.3, 0.4) is 0 Å². The molecule has 2 aromatic rings. The topological polar surface area (TPSA) is 103 Å². The SMILES string of the molecule is OCC1O[C@@H](c2cc(CC3Cc4ccccc4S3)ccc2N2CCOCC2)[C@H](O)[C@@H](O)[C@@H]1O. The summed E-state index contributed by atoms with van der Waals surface area (Å²) in [6.45, 7) is 2.24. The van der Waals surface area contributed by atoms with Crippen molar-refractivity contribution in [1.29, 1.82) is 0 Å². The highest BCUT2D eigenvalue weighted by Crippen LogP contribution is 2.41. The van der Waals surface area contributed by atoms with E-state index in [1.54, 1.807) is 0 Å². The monoisotopic (exact) mass is 473 g/mol. The Hall–Kier alpha value is -1.65. The third-order valence-corrected chi connectivity index (χ3v) is 8.14. The van der Waals surface area contributed by atoms with Gasteiger partial charge in [0.2, 0.25) is 0 Å². The van der Waals surface area contributed by atoms with Gasteiger partial charge in [-0.15, -0.1) is 11.8 Å². The van der Waals surface area contributed by atoms with Crippen molar-refractivity contribution in [2.24, 2.45) is 0 Å². The van der Waals surface area contributed by atoms with E-state index in [0.29, 0.717) is 18.5 Å². The number of aliphatic hydroxyl groups excluding tert-OH is 4. The maximum atomic E-state index is 10.8. The molecule has 0 bridgehead atoms. The lowest BCUT2D eigenvalue weighted by atomic mass is 9.89. The normalized spacial score (nSPS) is 32.1. The molecule has 2 saturated heterocycles. The third kappa shape index (κ3) is 4.66. The molecule has 7 nitrogen and oxygen atoms in total. The van der Waals surface area contributed by atoms with Gasteiger partial charge in [0.1, 0.15) is 30.5 Å². The van der Waals surface area contributed by atoms with Crippen molar-refractivity contribution in [2.75, 3.05) is 37.8 Å². The second-order valence-corrected chi connectivity index (χ2v) is 10.3. The molecule has 2 unspecified atom stereocenters. The Morgan fingerprint density at radius 1 is 0.970 bits per heavy atom. The standard InChI is InChI=1S/C25H31NO6S/c27-14-20-22(28)23(29)24(30)25(32-20)18-12-15(5-6-19(18)26-7-9-31-10-8-26)11-17-13-16-3-1-2-4-21(16)33-17/h1-6,12,17,20,22-25,27-30H,7-11,13-14H2/t17?,20?,22-,23+,24-,25+/m1/s1. The number of hydrogen-bond acceptors (Lipinski definition) is 8. The highest BCUT2D eigenvalue weighted by atomic mass is 32.2. The molecule has 3 aliphatic rings. The first-order chi connectivity index (χ1) is 16.0. The van der Waals surface area contributed by atoms with Crippen LogP contribution >= 0.6 is 11.8 Å². The van der Waals surface area contributed by atoms with Crippen molar-refractivity contribution < 1.29 is 29.9 Å². The van der Waals surface area contributed by atoms with Crippen molar-refractivity contribution in [2.45, 2.75) is 53.5 Å². The van der Waals surface area contributed by atoms with Gasteiger partial charge in [-0.05, 0) is 36.1 Å². The lowest BCUT2D eigenvalue weighted by molar-refractivity contribution is -0.231. The molecule has 0 aliphatic carbocycles. The molecule has 0 radical (unpaired) electrons. The third-order valence-electron chi connectivity index (χ3n) is 6.82. The summed E-state index contributed by atoms with van der Waals surface area (Å²) < 4.78 is 11.5. The second-order valence-electron chi connectivity index (χ2n) is 9.00. The minimum Gasteiger partial charge on any atom is -0.394 e. The zero-order valence-electron chi connectivity index (χ0n) is 18.4. The zero-order chi connectivity index (χ0) is 22.9. The number of fused-ring (bicyclic) bond motifs is 1. The van der Waals surface area contributed by atoms with Gasteiger partial charge in [0.05, 0.1) is 19.8 Å². The summed E-state index contributed by atoms with van der Waals surface area (Å²) in [4.78, 5) is 3.53. The minimum atomic E-state index is -1.40. The van der Waals surface area contributed by atoms with Gasteiger partial charge in [-0.3, -0.25) is 0 Å². The minimum absolute atomic E-state index is 0.430. The number of anilines is 1. The Kier molecular flexibility index (Phi) is 6.94. The van der Waals surface area contributed by atoms with Crippen LogP contribution in [-0.4, -0.2) is 83.0 Å². The number of nitrogens with zero attached hydrogens (tertiary/aromatic N) is 1. The molecule has 3 aliphatic heterocycles. The van der Waals surface area contributed by atoms with E-state index < -0.39 is 37.1 Å². The summed E-state index contributed by atoms with van der Waals surface area (Å²) in [7, 11) is 0. The molecule has 2 aromatic carbocycles. The van der Waals surface area contributed by atoms with E-state index in [0.717, 1.165) is 42.7 Å². The number of benzene rings is 2. The molecule has 6 atom stereocenters. The molecule has 4 N–H and O–H groups in total. The second kappa shape index (κ2) is 9.92. The highest BCUT2D eigenvalue weighted by Gasteiger charge is 2.45. The highest BCUT2D eigenvalue weighted by molar-refractivity contribution is 8.00. The van der Waals surface area contributed by atoms with Gasteiger partial charge >= 0.3 is 0 Å². The molecule has 0 aromatic heterocycles. The first-order valence-electron chi connectivity index (χ1n) is 11.6. The summed E-state index contributed by atoms with van der Waals surface area (Å²) >= 11 is 1.90. The van der Waals surface area contributed by atoms with Crippen LogP contribution in [0.5, 0.6) is 0 Å². The maximum Gasteiger partial charge on any atom is 0.114 e. The van der Waals surface area contributed by atoms with Crippen LogP contribution in [0.2, 0.25) is 0 Å². The fourth-order valence-corrected chi connectivity index (χ4v) is 6.40. The molecule has 0 spiro atoms. The van der Waals surface area contributed by atoms with Crippen LogP contribution in [0.15, 0.2) is 47.4 Å². The van der Waals surface area contributed by atoms with E-state index in [9.17, 15) is 20.4 Å². The molecule has 8 heteroatoms. The molecule has 2 fully saturated rings. The number of ether oxygens (including phenoxy) is 2. The summed E-state index contributed by atoms with van der Waals surface area (Å²) in [5, 5.41) is 41.6. The first kappa shape index (κ1) is 23.1.